The number of methoxy groups -OCH3 is 2. The van der Waals surface area contributed by atoms with E-state index in [2.05, 4.69) is 17.0 Å². The van der Waals surface area contributed by atoms with Crippen molar-refractivity contribution in [2.45, 2.75) is 0 Å². The van der Waals surface area contributed by atoms with Gasteiger partial charge in [-0.3, -0.25) is 4.79 Å². The van der Waals surface area contributed by atoms with Gasteiger partial charge in [0.2, 0.25) is 0 Å². The van der Waals surface area contributed by atoms with Crippen molar-refractivity contribution in [3.8, 4) is 11.5 Å². The standard InChI is InChI=1S/C21H22N2O3S/c1-25-17-8-9-18(26-2)20-16(17)14-19(27-20)21(24)23-12-10-22(11-13-23)15-6-4-3-5-7-15/h3-9,14H,10-13H2,1-2H3. The van der Waals surface area contributed by atoms with E-state index in [0.29, 0.717) is 0 Å². The number of hydrogen-bond donors (Lipinski definition) is 0. The zero-order chi connectivity index (χ0) is 18.8. The second-order valence-corrected chi connectivity index (χ2v) is 7.49. The number of anilines is 1. The third kappa shape index (κ3) is 3.32. The van der Waals surface area contributed by atoms with Gasteiger partial charge in [-0.2, -0.15) is 0 Å². The van der Waals surface area contributed by atoms with E-state index in [-0.39, 0.29) is 5.91 Å². The summed E-state index contributed by atoms with van der Waals surface area (Å²) in [5.41, 5.74) is 1.21. The van der Waals surface area contributed by atoms with Crippen LogP contribution in [-0.2, 0) is 0 Å². The van der Waals surface area contributed by atoms with E-state index < -0.39 is 0 Å². The van der Waals surface area contributed by atoms with E-state index in [9.17, 15) is 4.79 Å². The third-order valence-electron chi connectivity index (χ3n) is 4.95. The van der Waals surface area contributed by atoms with Gasteiger partial charge in [-0.25, -0.2) is 0 Å². The summed E-state index contributed by atoms with van der Waals surface area (Å²) < 4.78 is 11.8. The molecule has 1 aromatic heterocycles. The summed E-state index contributed by atoms with van der Waals surface area (Å²) in [6.45, 7) is 3.12. The van der Waals surface area contributed by atoms with Gasteiger partial charge in [-0.1, -0.05) is 18.2 Å². The number of nitrogens with zero attached hydrogens (tertiary/aromatic N) is 2. The first-order valence-corrected chi connectivity index (χ1v) is 9.76. The Morgan fingerprint density at radius 3 is 2.26 bits per heavy atom. The van der Waals surface area contributed by atoms with Crippen LogP contribution < -0.4 is 14.4 Å². The van der Waals surface area contributed by atoms with Crippen LogP contribution in [0.2, 0.25) is 0 Å². The summed E-state index contributed by atoms with van der Waals surface area (Å²) in [6.07, 6.45) is 0. The molecule has 6 heteroatoms. The molecule has 2 heterocycles. The molecule has 0 bridgehead atoms. The van der Waals surface area contributed by atoms with Gasteiger partial charge >= 0.3 is 0 Å². The molecule has 3 aromatic rings. The fourth-order valence-corrected chi connectivity index (χ4v) is 4.61. The molecule has 140 valence electrons. The van der Waals surface area contributed by atoms with E-state index in [1.165, 1.54) is 17.0 Å². The molecular weight excluding hydrogens is 360 g/mol. The molecule has 0 aliphatic carbocycles. The summed E-state index contributed by atoms with van der Waals surface area (Å²) >= 11 is 1.47. The van der Waals surface area contributed by atoms with Gasteiger partial charge in [0, 0.05) is 37.3 Å². The van der Waals surface area contributed by atoms with Gasteiger partial charge in [0.25, 0.3) is 5.91 Å². The number of thiophene rings is 1. The number of para-hydroxylation sites is 1. The van der Waals surface area contributed by atoms with Crippen LogP contribution in [0, 0.1) is 0 Å². The van der Waals surface area contributed by atoms with Gasteiger partial charge in [0.1, 0.15) is 11.5 Å². The Balaban J connectivity index is 1.53. The maximum absolute atomic E-state index is 13.0. The summed E-state index contributed by atoms with van der Waals surface area (Å²) in [7, 11) is 3.29. The van der Waals surface area contributed by atoms with Crippen molar-refractivity contribution < 1.29 is 14.3 Å². The van der Waals surface area contributed by atoms with Crippen molar-refractivity contribution in [3.63, 3.8) is 0 Å². The predicted octanol–water partition coefficient (Wildman–Crippen LogP) is 3.88. The SMILES string of the molecule is COc1ccc(OC)c2sc(C(=O)N3CCN(c4ccccc4)CC3)cc12. The highest BCUT2D eigenvalue weighted by molar-refractivity contribution is 7.21. The Kier molecular flexibility index (Phi) is 4.90. The van der Waals surface area contributed by atoms with Crippen molar-refractivity contribution in [1.29, 1.82) is 0 Å². The smallest absolute Gasteiger partial charge is 0.264 e. The minimum absolute atomic E-state index is 0.0769. The topological polar surface area (TPSA) is 42.0 Å². The lowest BCUT2D eigenvalue weighted by molar-refractivity contribution is 0.0752. The lowest BCUT2D eigenvalue weighted by atomic mass is 10.2. The predicted molar refractivity (Wildman–Crippen MR) is 109 cm³/mol. The van der Waals surface area contributed by atoms with Crippen LogP contribution in [0.15, 0.2) is 48.5 Å². The quantitative estimate of drug-likeness (QED) is 0.687. The molecule has 0 unspecified atom stereocenters. The van der Waals surface area contributed by atoms with Crippen molar-refractivity contribution in [2.75, 3.05) is 45.3 Å². The average molecular weight is 382 g/mol. The lowest BCUT2D eigenvalue weighted by Gasteiger charge is -2.35. The molecule has 1 amide bonds. The lowest BCUT2D eigenvalue weighted by Crippen LogP contribution is -2.48. The Bertz CT molecular complexity index is 906. The first-order valence-electron chi connectivity index (χ1n) is 8.95. The first kappa shape index (κ1) is 17.7. The minimum atomic E-state index is 0.0769. The Hall–Kier alpha value is -2.73. The Labute approximate surface area is 162 Å². The molecule has 0 radical (unpaired) electrons. The van der Waals surface area contributed by atoms with Crippen molar-refractivity contribution >= 4 is 33.0 Å². The maximum Gasteiger partial charge on any atom is 0.264 e. The van der Waals surface area contributed by atoms with Crippen LogP contribution in [0.1, 0.15) is 9.67 Å². The van der Waals surface area contributed by atoms with Gasteiger partial charge in [-0.05, 0) is 30.3 Å². The average Bonchev–Trinajstić information content (AvgIpc) is 3.19. The Morgan fingerprint density at radius 2 is 1.59 bits per heavy atom. The van der Waals surface area contributed by atoms with Crippen molar-refractivity contribution in [2.24, 2.45) is 0 Å². The number of piperazine rings is 1. The van der Waals surface area contributed by atoms with Crippen LogP contribution in [0.5, 0.6) is 11.5 Å². The largest absolute Gasteiger partial charge is 0.496 e. The molecule has 1 saturated heterocycles. The molecule has 1 aliphatic rings. The van der Waals surface area contributed by atoms with E-state index >= 15 is 0 Å². The number of carbonyl (C=O) groups excluding carboxylic acids is 1. The monoisotopic (exact) mass is 382 g/mol. The van der Waals surface area contributed by atoms with Gasteiger partial charge in [0.05, 0.1) is 23.8 Å². The number of amides is 1. The van der Waals surface area contributed by atoms with E-state index in [4.69, 9.17) is 9.47 Å². The number of hydrogen-bond acceptors (Lipinski definition) is 5. The first-order chi connectivity index (χ1) is 13.2. The molecule has 2 aromatic carbocycles. The summed E-state index contributed by atoms with van der Waals surface area (Å²) in [5.74, 6) is 1.60. The van der Waals surface area contributed by atoms with Crippen LogP contribution in [-0.4, -0.2) is 51.2 Å². The van der Waals surface area contributed by atoms with E-state index in [1.54, 1.807) is 14.2 Å². The highest BCUT2D eigenvalue weighted by Gasteiger charge is 2.24. The van der Waals surface area contributed by atoms with Crippen LogP contribution in [0.3, 0.4) is 0 Å². The molecule has 0 spiro atoms. The third-order valence-corrected chi connectivity index (χ3v) is 6.08. The van der Waals surface area contributed by atoms with Crippen LogP contribution in [0.4, 0.5) is 5.69 Å². The van der Waals surface area contributed by atoms with Crippen molar-refractivity contribution in [3.05, 3.63) is 53.4 Å². The molecular formula is C21H22N2O3S. The minimum Gasteiger partial charge on any atom is -0.496 e. The van der Waals surface area contributed by atoms with Gasteiger partial charge < -0.3 is 19.3 Å². The van der Waals surface area contributed by atoms with Gasteiger partial charge in [-0.15, -0.1) is 11.3 Å². The summed E-state index contributed by atoms with van der Waals surface area (Å²) in [4.78, 5) is 18.0. The molecule has 1 fully saturated rings. The number of rotatable bonds is 4. The molecule has 5 nitrogen and oxygen atoms in total. The molecule has 1 aliphatic heterocycles. The van der Waals surface area contributed by atoms with E-state index in [0.717, 1.165) is 52.6 Å². The number of fused-ring (bicyclic) bond motifs is 1. The molecule has 0 saturated carbocycles. The summed E-state index contributed by atoms with van der Waals surface area (Å²) in [6, 6.07) is 16.0. The molecule has 0 N–H and O–H groups in total. The molecule has 27 heavy (non-hydrogen) atoms. The Morgan fingerprint density at radius 1 is 0.926 bits per heavy atom. The number of carbonyl (C=O) groups is 1. The summed E-state index contributed by atoms with van der Waals surface area (Å²) in [5, 5.41) is 0.924. The fraction of sp³-hybridized carbons (Fsp3) is 0.286. The van der Waals surface area contributed by atoms with E-state index in [1.807, 2.05) is 41.3 Å². The second kappa shape index (κ2) is 7.48. The second-order valence-electron chi connectivity index (χ2n) is 6.44. The maximum atomic E-state index is 13.0. The highest BCUT2D eigenvalue weighted by Crippen LogP contribution is 2.39. The zero-order valence-corrected chi connectivity index (χ0v) is 16.3. The van der Waals surface area contributed by atoms with Crippen LogP contribution >= 0.6 is 11.3 Å². The fourth-order valence-electron chi connectivity index (χ4n) is 3.48. The van der Waals surface area contributed by atoms with Crippen LogP contribution in [0.25, 0.3) is 10.1 Å². The highest BCUT2D eigenvalue weighted by atomic mass is 32.1. The van der Waals surface area contributed by atoms with Gasteiger partial charge in [0.15, 0.2) is 0 Å². The normalized spacial score (nSPS) is 14.4. The molecule has 0 atom stereocenters. The number of ether oxygens (including phenoxy) is 2. The number of benzene rings is 2. The zero-order valence-electron chi connectivity index (χ0n) is 15.5. The molecule has 4 rings (SSSR count). The van der Waals surface area contributed by atoms with Crippen molar-refractivity contribution in [1.82, 2.24) is 4.90 Å².